The summed E-state index contributed by atoms with van der Waals surface area (Å²) in [5.74, 6) is 0.864. The molecule has 0 unspecified atom stereocenters. The fraction of sp³-hybridized carbons (Fsp3) is 0.385. The molecule has 0 fully saturated rings. The molecule has 1 aromatic rings. The van der Waals surface area contributed by atoms with E-state index in [2.05, 4.69) is 45.6 Å². The molecule has 1 heteroatoms. The zero-order valence-electron chi connectivity index (χ0n) is 9.35. The van der Waals surface area contributed by atoms with E-state index in [9.17, 15) is 0 Å². The molecule has 0 aliphatic rings. The van der Waals surface area contributed by atoms with Crippen molar-refractivity contribution in [1.82, 2.24) is 0 Å². The molecule has 0 atom stereocenters. The quantitative estimate of drug-likeness (QED) is 0.693. The second-order valence-corrected chi connectivity index (χ2v) is 4.38. The van der Waals surface area contributed by atoms with Gasteiger partial charge in [-0.2, -0.15) is 0 Å². The molecule has 1 radical (unpaired) electrons. The highest BCUT2D eigenvalue weighted by atomic mass is 16.5. The van der Waals surface area contributed by atoms with Crippen molar-refractivity contribution in [2.75, 3.05) is 7.11 Å². The minimum atomic E-state index is 0.125. The Hall–Kier alpha value is -1.24. The van der Waals surface area contributed by atoms with Crippen LogP contribution in [-0.2, 0) is 5.41 Å². The van der Waals surface area contributed by atoms with Crippen molar-refractivity contribution in [3.63, 3.8) is 0 Å². The number of rotatable bonds is 2. The lowest BCUT2D eigenvalue weighted by Crippen LogP contribution is -2.11. The maximum absolute atomic E-state index is 5.22. The first-order valence-corrected chi connectivity index (χ1v) is 4.70. The summed E-state index contributed by atoms with van der Waals surface area (Å²) >= 11 is 0. The van der Waals surface area contributed by atoms with Crippen LogP contribution in [-0.4, -0.2) is 7.11 Å². The molecule has 0 aromatic heterocycles. The largest absolute Gasteiger partial charge is 0.497 e. The average Bonchev–Trinajstić information content (AvgIpc) is 2.15. The van der Waals surface area contributed by atoms with Gasteiger partial charge < -0.3 is 4.74 Å². The van der Waals surface area contributed by atoms with Crippen LogP contribution in [0.3, 0.4) is 0 Å². The molecule has 75 valence electrons. The molecular weight excluding hydrogens is 172 g/mol. The minimum absolute atomic E-state index is 0.125. The zero-order chi connectivity index (χ0) is 10.8. The van der Waals surface area contributed by atoms with Gasteiger partial charge in [0, 0.05) is 0 Å². The summed E-state index contributed by atoms with van der Waals surface area (Å²) in [6.07, 6.45) is 2.88. The van der Waals surface area contributed by atoms with Gasteiger partial charge in [0.25, 0.3) is 0 Å². The van der Waals surface area contributed by atoms with Gasteiger partial charge in [0.2, 0.25) is 0 Å². The third-order valence-corrected chi connectivity index (χ3v) is 2.21. The lowest BCUT2D eigenvalue weighted by molar-refractivity contribution is 0.412. The van der Waals surface area contributed by atoms with E-state index in [1.165, 1.54) is 5.56 Å². The second-order valence-electron chi connectivity index (χ2n) is 4.38. The summed E-state index contributed by atoms with van der Waals surface area (Å²) in [4.78, 5) is 0. The van der Waals surface area contributed by atoms with Crippen LogP contribution in [0.2, 0.25) is 0 Å². The van der Waals surface area contributed by atoms with E-state index in [0.717, 1.165) is 11.3 Å². The molecule has 1 nitrogen and oxygen atoms in total. The highest BCUT2D eigenvalue weighted by Crippen LogP contribution is 2.27. The number of methoxy groups -OCH3 is 1. The van der Waals surface area contributed by atoms with E-state index in [1.54, 1.807) is 7.11 Å². The van der Waals surface area contributed by atoms with Gasteiger partial charge in [0.1, 0.15) is 5.75 Å². The van der Waals surface area contributed by atoms with Crippen LogP contribution in [0.15, 0.2) is 24.8 Å². The first kappa shape index (κ1) is 10.8. The van der Waals surface area contributed by atoms with Gasteiger partial charge in [0.05, 0.1) is 7.11 Å². The average molecular weight is 189 g/mol. The molecule has 0 heterocycles. The van der Waals surface area contributed by atoms with E-state index in [0.29, 0.717) is 0 Å². The summed E-state index contributed by atoms with van der Waals surface area (Å²) in [6, 6.07) is 6.08. The molecule has 0 saturated carbocycles. The fourth-order valence-corrected chi connectivity index (χ4v) is 1.25. The standard InChI is InChI=1S/C13H17O/c1-6-10-7-11(13(2,3)4)9-12(8-10)14-5/h7-9H,1H2,2-5H3. The molecule has 14 heavy (non-hydrogen) atoms. The molecule has 0 bridgehead atoms. The summed E-state index contributed by atoms with van der Waals surface area (Å²) in [5, 5.41) is 0. The van der Waals surface area contributed by atoms with Crippen molar-refractivity contribution in [2.45, 2.75) is 26.2 Å². The number of benzene rings is 1. The Morgan fingerprint density at radius 1 is 1.21 bits per heavy atom. The van der Waals surface area contributed by atoms with Crippen LogP contribution < -0.4 is 4.74 Å². The fourth-order valence-electron chi connectivity index (χ4n) is 1.25. The topological polar surface area (TPSA) is 9.23 Å². The predicted octanol–water partition coefficient (Wildman–Crippen LogP) is 3.33. The lowest BCUT2D eigenvalue weighted by Gasteiger charge is -2.20. The summed E-state index contributed by atoms with van der Waals surface area (Å²) in [6.45, 7) is 10.2. The Balaban J connectivity index is 3.24. The summed E-state index contributed by atoms with van der Waals surface area (Å²) < 4.78 is 5.22. The molecule has 0 N–H and O–H groups in total. The Morgan fingerprint density at radius 2 is 1.86 bits per heavy atom. The molecular formula is C13H17O. The van der Waals surface area contributed by atoms with Gasteiger partial charge >= 0.3 is 0 Å². The van der Waals surface area contributed by atoms with Gasteiger partial charge in [-0.05, 0) is 34.8 Å². The van der Waals surface area contributed by atoms with Crippen LogP contribution in [0.25, 0.3) is 0 Å². The van der Waals surface area contributed by atoms with Crippen LogP contribution in [0.5, 0.6) is 5.75 Å². The van der Waals surface area contributed by atoms with Crippen molar-refractivity contribution in [2.24, 2.45) is 0 Å². The SMILES string of the molecule is C=[C]c1cc(OC)cc(C(C)(C)C)c1. The highest BCUT2D eigenvalue weighted by molar-refractivity contribution is 5.39. The van der Waals surface area contributed by atoms with Crippen LogP contribution >= 0.6 is 0 Å². The molecule has 0 aliphatic heterocycles. The van der Waals surface area contributed by atoms with Crippen LogP contribution in [0.1, 0.15) is 31.9 Å². The number of hydrogen-bond acceptors (Lipinski definition) is 1. The smallest absolute Gasteiger partial charge is 0.119 e. The van der Waals surface area contributed by atoms with Gasteiger partial charge in [-0.3, -0.25) is 0 Å². The Kier molecular flexibility index (Phi) is 3.00. The van der Waals surface area contributed by atoms with E-state index < -0.39 is 0 Å². The Morgan fingerprint density at radius 3 is 2.29 bits per heavy atom. The van der Waals surface area contributed by atoms with Crippen molar-refractivity contribution in [3.8, 4) is 5.75 Å². The summed E-state index contributed by atoms with van der Waals surface area (Å²) in [7, 11) is 1.68. The second kappa shape index (κ2) is 3.87. The van der Waals surface area contributed by atoms with Crippen molar-refractivity contribution in [1.29, 1.82) is 0 Å². The van der Waals surface area contributed by atoms with E-state index >= 15 is 0 Å². The van der Waals surface area contributed by atoms with Gasteiger partial charge in [-0.1, -0.05) is 33.4 Å². The molecule has 0 saturated heterocycles. The third-order valence-electron chi connectivity index (χ3n) is 2.21. The maximum atomic E-state index is 5.22. The highest BCUT2D eigenvalue weighted by Gasteiger charge is 2.14. The predicted molar refractivity (Wildman–Crippen MR) is 59.7 cm³/mol. The third kappa shape index (κ3) is 2.38. The van der Waals surface area contributed by atoms with Gasteiger partial charge in [0.15, 0.2) is 0 Å². The van der Waals surface area contributed by atoms with Crippen molar-refractivity contribution >= 4 is 0 Å². The van der Waals surface area contributed by atoms with Crippen LogP contribution in [0, 0.1) is 6.08 Å². The number of hydrogen-bond donors (Lipinski definition) is 0. The van der Waals surface area contributed by atoms with E-state index in [-0.39, 0.29) is 5.41 Å². The maximum Gasteiger partial charge on any atom is 0.119 e. The zero-order valence-corrected chi connectivity index (χ0v) is 9.35. The number of ether oxygens (including phenoxy) is 1. The minimum Gasteiger partial charge on any atom is -0.497 e. The first-order chi connectivity index (χ1) is 6.47. The van der Waals surface area contributed by atoms with Crippen LogP contribution in [0.4, 0.5) is 0 Å². The van der Waals surface area contributed by atoms with Gasteiger partial charge in [-0.25, -0.2) is 0 Å². The molecule has 0 spiro atoms. The van der Waals surface area contributed by atoms with E-state index in [4.69, 9.17) is 4.74 Å². The molecule has 0 aliphatic carbocycles. The Labute approximate surface area is 86.4 Å². The van der Waals surface area contributed by atoms with Crippen molar-refractivity contribution < 1.29 is 4.74 Å². The monoisotopic (exact) mass is 189 g/mol. The first-order valence-electron chi connectivity index (χ1n) is 4.70. The molecule has 1 rings (SSSR count). The van der Waals surface area contributed by atoms with E-state index in [1.807, 2.05) is 6.07 Å². The normalized spacial score (nSPS) is 11.1. The lowest BCUT2D eigenvalue weighted by atomic mass is 9.86. The summed E-state index contributed by atoms with van der Waals surface area (Å²) in [5.41, 5.74) is 2.34. The Bertz CT molecular complexity index is 332. The van der Waals surface area contributed by atoms with Gasteiger partial charge in [-0.15, -0.1) is 0 Å². The molecule has 1 aromatic carbocycles. The molecule has 0 amide bonds. The van der Waals surface area contributed by atoms with Crippen molar-refractivity contribution in [3.05, 3.63) is 42.0 Å².